The van der Waals surface area contributed by atoms with Crippen molar-refractivity contribution >= 4 is 17.6 Å². The second kappa shape index (κ2) is 4.73. The van der Waals surface area contributed by atoms with E-state index in [4.69, 9.17) is 11.0 Å². The number of thioether (sulfide) groups is 1. The highest BCUT2D eigenvalue weighted by atomic mass is 32.2. The number of aromatic nitrogens is 1. The Labute approximate surface area is 82.0 Å². The van der Waals surface area contributed by atoms with Crippen molar-refractivity contribution in [2.45, 2.75) is 6.42 Å². The molecule has 68 valence electrons. The number of anilines is 1. The molecule has 0 amide bonds. The monoisotopic (exact) mass is 193 g/mol. The highest BCUT2D eigenvalue weighted by Gasteiger charge is 2.00. The van der Waals surface area contributed by atoms with Gasteiger partial charge >= 0.3 is 0 Å². The third-order valence-electron chi connectivity index (χ3n) is 1.67. The number of hydrogen-bond donors (Lipinski definition) is 1. The smallest absolute Gasteiger partial charge is 0.141 e. The second-order valence-electron chi connectivity index (χ2n) is 2.59. The maximum Gasteiger partial charge on any atom is 0.141 e. The van der Waals surface area contributed by atoms with Crippen molar-refractivity contribution in [3.05, 3.63) is 23.4 Å². The predicted octanol–water partition coefficient (Wildman–Crippen LogP) is 1.44. The molecular formula is C9H11N3S. The first-order valence-electron chi connectivity index (χ1n) is 3.92. The zero-order valence-corrected chi connectivity index (χ0v) is 8.27. The van der Waals surface area contributed by atoms with Gasteiger partial charge in [0.2, 0.25) is 0 Å². The Morgan fingerprint density at radius 3 is 2.92 bits per heavy atom. The number of rotatable bonds is 3. The van der Waals surface area contributed by atoms with E-state index in [1.54, 1.807) is 17.8 Å². The maximum absolute atomic E-state index is 8.61. The third kappa shape index (κ3) is 2.63. The molecule has 0 unspecified atom stereocenters. The van der Waals surface area contributed by atoms with Gasteiger partial charge in [0.25, 0.3) is 0 Å². The Hall–Kier alpha value is -1.21. The standard InChI is InChI=1S/C9H11N3S/c1-13-5-4-8-3-2-7(6-10)9(11)12-8/h2-3H,4-5H2,1H3,(H2,11,12). The van der Waals surface area contributed by atoms with Crippen molar-refractivity contribution in [3.8, 4) is 6.07 Å². The molecule has 0 aromatic carbocycles. The summed E-state index contributed by atoms with van der Waals surface area (Å²) in [6.07, 6.45) is 2.95. The molecule has 1 aromatic heterocycles. The highest BCUT2D eigenvalue weighted by Crippen LogP contribution is 2.09. The fourth-order valence-corrected chi connectivity index (χ4v) is 1.37. The molecule has 0 fully saturated rings. The molecule has 1 rings (SSSR count). The number of nitriles is 1. The van der Waals surface area contributed by atoms with E-state index in [-0.39, 0.29) is 0 Å². The fraction of sp³-hybridized carbons (Fsp3) is 0.333. The van der Waals surface area contributed by atoms with Crippen LogP contribution >= 0.6 is 11.8 Å². The summed E-state index contributed by atoms with van der Waals surface area (Å²) < 4.78 is 0. The van der Waals surface area contributed by atoms with Crippen LogP contribution in [0.25, 0.3) is 0 Å². The number of hydrogen-bond acceptors (Lipinski definition) is 4. The normalized spacial score (nSPS) is 9.54. The molecule has 0 radical (unpaired) electrons. The minimum absolute atomic E-state index is 0.334. The lowest BCUT2D eigenvalue weighted by atomic mass is 10.2. The van der Waals surface area contributed by atoms with Crippen LogP contribution in [-0.4, -0.2) is 17.0 Å². The first-order valence-corrected chi connectivity index (χ1v) is 5.31. The van der Waals surface area contributed by atoms with Crippen molar-refractivity contribution < 1.29 is 0 Å². The van der Waals surface area contributed by atoms with Gasteiger partial charge in [-0.05, 0) is 30.6 Å². The van der Waals surface area contributed by atoms with E-state index in [1.165, 1.54) is 0 Å². The molecule has 0 bridgehead atoms. The first-order chi connectivity index (χ1) is 6.27. The summed E-state index contributed by atoms with van der Waals surface area (Å²) in [6, 6.07) is 5.56. The van der Waals surface area contributed by atoms with Gasteiger partial charge in [0, 0.05) is 5.69 Å². The van der Waals surface area contributed by atoms with Crippen LogP contribution in [0, 0.1) is 11.3 Å². The Bertz CT molecular complexity index is 330. The summed E-state index contributed by atoms with van der Waals surface area (Å²) in [5, 5.41) is 8.61. The van der Waals surface area contributed by atoms with Crippen LogP contribution in [0.4, 0.5) is 5.82 Å². The zero-order chi connectivity index (χ0) is 9.68. The largest absolute Gasteiger partial charge is 0.383 e. The number of nitrogen functional groups attached to an aromatic ring is 1. The summed E-state index contributed by atoms with van der Waals surface area (Å²) in [5.41, 5.74) is 6.96. The summed E-state index contributed by atoms with van der Waals surface area (Å²) in [5.74, 6) is 1.36. The van der Waals surface area contributed by atoms with Crippen molar-refractivity contribution in [3.63, 3.8) is 0 Å². The van der Waals surface area contributed by atoms with Gasteiger partial charge in [-0.2, -0.15) is 17.0 Å². The van der Waals surface area contributed by atoms with Gasteiger partial charge in [-0.25, -0.2) is 4.98 Å². The van der Waals surface area contributed by atoms with Gasteiger partial charge in [-0.15, -0.1) is 0 Å². The molecule has 13 heavy (non-hydrogen) atoms. The number of nitrogens with zero attached hydrogens (tertiary/aromatic N) is 2. The second-order valence-corrected chi connectivity index (χ2v) is 3.58. The molecule has 0 saturated heterocycles. The van der Waals surface area contributed by atoms with E-state index in [1.807, 2.05) is 18.4 Å². The van der Waals surface area contributed by atoms with Crippen LogP contribution in [-0.2, 0) is 6.42 Å². The average Bonchev–Trinajstić information content (AvgIpc) is 2.15. The number of aryl methyl sites for hydroxylation is 1. The van der Waals surface area contributed by atoms with Crippen molar-refractivity contribution in [1.82, 2.24) is 4.98 Å². The van der Waals surface area contributed by atoms with E-state index < -0.39 is 0 Å². The molecule has 3 nitrogen and oxygen atoms in total. The summed E-state index contributed by atoms with van der Waals surface area (Å²) in [6.45, 7) is 0. The van der Waals surface area contributed by atoms with Crippen LogP contribution in [0.3, 0.4) is 0 Å². The van der Waals surface area contributed by atoms with E-state index >= 15 is 0 Å². The maximum atomic E-state index is 8.61. The van der Waals surface area contributed by atoms with Crippen LogP contribution in [0.1, 0.15) is 11.3 Å². The Morgan fingerprint density at radius 2 is 2.38 bits per heavy atom. The molecule has 1 aromatic rings. The molecule has 0 aliphatic rings. The van der Waals surface area contributed by atoms with Crippen LogP contribution < -0.4 is 5.73 Å². The molecule has 0 saturated carbocycles. The van der Waals surface area contributed by atoms with Crippen LogP contribution in [0.5, 0.6) is 0 Å². The van der Waals surface area contributed by atoms with Gasteiger partial charge in [0.1, 0.15) is 11.9 Å². The van der Waals surface area contributed by atoms with Gasteiger partial charge in [0.05, 0.1) is 5.56 Å². The minimum atomic E-state index is 0.334. The fourth-order valence-electron chi connectivity index (χ4n) is 0.958. The molecule has 0 atom stereocenters. The predicted molar refractivity (Wildman–Crippen MR) is 55.5 cm³/mol. The molecule has 4 heteroatoms. The molecule has 0 spiro atoms. The van der Waals surface area contributed by atoms with E-state index in [2.05, 4.69) is 4.98 Å². The molecule has 0 aliphatic heterocycles. The van der Waals surface area contributed by atoms with Gasteiger partial charge in [0.15, 0.2) is 0 Å². The van der Waals surface area contributed by atoms with Gasteiger partial charge in [-0.3, -0.25) is 0 Å². The van der Waals surface area contributed by atoms with E-state index in [0.717, 1.165) is 17.9 Å². The molecule has 1 heterocycles. The van der Waals surface area contributed by atoms with Crippen LogP contribution in [0.2, 0.25) is 0 Å². The Morgan fingerprint density at radius 1 is 1.62 bits per heavy atom. The summed E-state index contributed by atoms with van der Waals surface area (Å²) in [4.78, 5) is 4.12. The lowest BCUT2D eigenvalue weighted by molar-refractivity contribution is 1.05. The number of pyridine rings is 1. The van der Waals surface area contributed by atoms with Crippen molar-refractivity contribution in [1.29, 1.82) is 5.26 Å². The number of nitrogens with two attached hydrogens (primary N) is 1. The van der Waals surface area contributed by atoms with E-state index in [9.17, 15) is 0 Å². The lowest BCUT2D eigenvalue weighted by Gasteiger charge is -2.01. The zero-order valence-electron chi connectivity index (χ0n) is 7.45. The van der Waals surface area contributed by atoms with Crippen molar-refractivity contribution in [2.24, 2.45) is 0 Å². The third-order valence-corrected chi connectivity index (χ3v) is 2.28. The van der Waals surface area contributed by atoms with Gasteiger partial charge < -0.3 is 5.73 Å². The SMILES string of the molecule is CSCCc1ccc(C#N)c(N)n1. The quantitative estimate of drug-likeness (QED) is 0.789. The molecule has 0 aliphatic carbocycles. The highest BCUT2D eigenvalue weighted by molar-refractivity contribution is 7.98. The first kappa shape index (κ1) is 9.87. The van der Waals surface area contributed by atoms with E-state index in [0.29, 0.717) is 11.4 Å². The molecular weight excluding hydrogens is 182 g/mol. The van der Waals surface area contributed by atoms with Gasteiger partial charge in [-0.1, -0.05) is 0 Å². The minimum Gasteiger partial charge on any atom is -0.383 e. The summed E-state index contributed by atoms with van der Waals surface area (Å²) in [7, 11) is 0. The lowest BCUT2D eigenvalue weighted by Crippen LogP contribution is -1.99. The van der Waals surface area contributed by atoms with Crippen molar-refractivity contribution in [2.75, 3.05) is 17.7 Å². The summed E-state index contributed by atoms with van der Waals surface area (Å²) >= 11 is 1.77. The molecule has 2 N–H and O–H groups in total. The Kier molecular flexibility index (Phi) is 3.59. The topological polar surface area (TPSA) is 62.7 Å². The Balaban J connectivity index is 2.79. The van der Waals surface area contributed by atoms with Crippen LogP contribution in [0.15, 0.2) is 12.1 Å². The average molecular weight is 193 g/mol.